The van der Waals surface area contributed by atoms with Crippen molar-refractivity contribution in [2.45, 2.75) is 25.9 Å². The third-order valence-electron chi connectivity index (χ3n) is 3.26. The van der Waals surface area contributed by atoms with Gasteiger partial charge in [0.15, 0.2) is 5.78 Å². The second-order valence-electron chi connectivity index (χ2n) is 4.93. The molecule has 21 heavy (non-hydrogen) atoms. The van der Waals surface area contributed by atoms with Crippen molar-refractivity contribution in [3.63, 3.8) is 0 Å². The van der Waals surface area contributed by atoms with Crippen molar-refractivity contribution in [2.75, 3.05) is 32.9 Å². The van der Waals surface area contributed by atoms with Gasteiger partial charge in [-0.25, -0.2) is 4.99 Å². The summed E-state index contributed by atoms with van der Waals surface area (Å²) in [5.41, 5.74) is 0.517. The van der Waals surface area contributed by atoms with Crippen LogP contribution in [0.25, 0.3) is 0 Å². The van der Waals surface area contributed by atoms with Crippen LogP contribution in [0.3, 0.4) is 0 Å². The zero-order valence-electron chi connectivity index (χ0n) is 12.1. The number of allylic oxidation sites excluding steroid dienone is 1. The Morgan fingerprint density at radius 3 is 3.14 bits per heavy atom. The SMILES string of the molecule is CCOC(=O)CC1=NC(N2CCOC(CO)C2)=CC(=O)C1. The van der Waals surface area contributed by atoms with Crippen LogP contribution in [0.5, 0.6) is 0 Å². The Labute approximate surface area is 123 Å². The van der Waals surface area contributed by atoms with E-state index in [1.54, 1.807) is 6.92 Å². The van der Waals surface area contributed by atoms with Gasteiger partial charge in [0, 0.05) is 31.3 Å². The number of rotatable bonds is 5. The average Bonchev–Trinajstić information content (AvgIpc) is 2.47. The van der Waals surface area contributed by atoms with Crippen LogP contribution in [0.2, 0.25) is 0 Å². The Morgan fingerprint density at radius 1 is 1.62 bits per heavy atom. The van der Waals surface area contributed by atoms with Crippen molar-refractivity contribution < 1.29 is 24.2 Å². The lowest BCUT2D eigenvalue weighted by Gasteiger charge is -2.34. The number of esters is 1. The Balaban J connectivity index is 2.05. The fourth-order valence-corrected chi connectivity index (χ4v) is 2.31. The number of carbonyl (C=O) groups excluding carboxylic acids is 2. The number of morpholine rings is 1. The van der Waals surface area contributed by atoms with Crippen molar-refractivity contribution >= 4 is 17.5 Å². The van der Waals surface area contributed by atoms with E-state index in [4.69, 9.17) is 14.6 Å². The molecule has 2 rings (SSSR count). The summed E-state index contributed by atoms with van der Waals surface area (Å²) in [4.78, 5) is 29.6. The monoisotopic (exact) mass is 296 g/mol. The highest BCUT2D eigenvalue weighted by Crippen LogP contribution is 2.18. The van der Waals surface area contributed by atoms with Gasteiger partial charge in [0.1, 0.15) is 5.82 Å². The van der Waals surface area contributed by atoms with E-state index in [-0.39, 0.29) is 37.3 Å². The first-order valence-electron chi connectivity index (χ1n) is 7.06. The van der Waals surface area contributed by atoms with Gasteiger partial charge < -0.3 is 19.5 Å². The summed E-state index contributed by atoms with van der Waals surface area (Å²) >= 11 is 0. The van der Waals surface area contributed by atoms with E-state index in [2.05, 4.69) is 4.99 Å². The summed E-state index contributed by atoms with van der Waals surface area (Å²) in [5, 5.41) is 9.15. The van der Waals surface area contributed by atoms with Crippen LogP contribution in [0.15, 0.2) is 16.9 Å². The Hall–Kier alpha value is -1.73. The molecule has 1 unspecified atom stereocenters. The van der Waals surface area contributed by atoms with Crippen LogP contribution in [-0.4, -0.2) is 66.5 Å². The third-order valence-corrected chi connectivity index (χ3v) is 3.26. The number of hydrogen-bond donors (Lipinski definition) is 1. The zero-order valence-corrected chi connectivity index (χ0v) is 12.1. The molecule has 116 valence electrons. The van der Waals surface area contributed by atoms with Crippen LogP contribution in [0.4, 0.5) is 0 Å². The van der Waals surface area contributed by atoms with E-state index in [1.165, 1.54) is 6.08 Å². The van der Waals surface area contributed by atoms with Gasteiger partial charge in [0.2, 0.25) is 0 Å². The summed E-state index contributed by atoms with van der Waals surface area (Å²) < 4.78 is 10.2. The van der Waals surface area contributed by atoms with Gasteiger partial charge in [-0.2, -0.15) is 0 Å². The fourth-order valence-electron chi connectivity index (χ4n) is 2.31. The molecule has 0 radical (unpaired) electrons. The predicted molar refractivity (Wildman–Crippen MR) is 74.8 cm³/mol. The number of carbonyl (C=O) groups is 2. The van der Waals surface area contributed by atoms with E-state index in [0.29, 0.717) is 37.8 Å². The molecular formula is C14H20N2O5. The highest BCUT2D eigenvalue weighted by molar-refractivity contribution is 6.13. The third kappa shape index (κ3) is 4.37. The minimum atomic E-state index is -0.375. The van der Waals surface area contributed by atoms with Gasteiger partial charge in [0.05, 0.1) is 32.3 Å². The number of aliphatic hydroxyl groups excluding tert-OH is 1. The van der Waals surface area contributed by atoms with E-state index >= 15 is 0 Å². The van der Waals surface area contributed by atoms with E-state index in [9.17, 15) is 9.59 Å². The van der Waals surface area contributed by atoms with Crippen molar-refractivity contribution in [1.82, 2.24) is 4.90 Å². The fraction of sp³-hybridized carbons (Fsp3) is 0.643. The molecular weight excluding hydrogens is 276 g/mol. The lowest BCUT2D eigenvalue weighted by molar-refractivity contribution is -0.141. The summed E-state index contributed by atoms with van der Waals surface area (Å²) in [6.45, 7) is 3.53. The van der Waals surface area contributed by atoms with Crippen molar-refractivity contribution in [3.05, 3.63) is 11.9 Å². The molecule has 0 spiro atoms. The van der Waals surface area contributed by atoms with Gasteiger partial charge in [-0.1, -0.05) is 0 Å². The van der Waals surface area contributed by atoms with Crippen molar-refractivity contribution in [2.24, 2.45) is 4.99 Å². The normalized spacial score (nSPS) is 22.7. The Kier molecular flexibility index (Phi) is 5.46. The smallest absolute Gasteiger partial charge is 0.311 e. The predicted octanol–water partition coefficient (Wildman–Crippen LogP) is -0.112. The maximum absolute atomic E-state index is 11.8. The number of hydrogen-bond acceptors (Lipinski definition) is 7. The first-order valence-corrected chi connectivity index (χ1v) is 7.06. The maximum atomic E-state index is 11.8. The molecule has 2 aliphatic heterocycles. The average molecular weight is 296 g/mol. The lowest BCUT2D eigenvalue weighted by atomic mass is 10.1. The minimum Gasteiger partial charge on any atom is -0.466 e. The largest absolute Gasteiger partial charge is 0.466 e. The number of ether oxygens (including phenoxy) is 2. The molecule has 0 saturated carbocycles. The quantitative estimate of drug-likeness (QED) is 0.712. The summed E-state index contributed by atoms with van der Waals surface area (Å²) in [5.74, 6) is 0.0825. The highest BCUT2D eigenvalue weighted by Gasteiger charge is 2.25. The molecule has 1 saturated heterocycles. The van der Waals surface area contributed by atoms with E-state index in [1.807, 2.05) is 4.90 Å². The molecule has 7 nitrogen and oxygen atoms in total. The van der Waals surface area contributed by atoms with E-state index in [0.717, 1.165) is 0 Å². The molecule has 0 aromatic rings. The van der Waals surface area contributed by atoms with Crippen molar-refractivity contribution in [3.8, 4) is 0 Å². The van der Waals surface area contributed by atoms with Crippen LogP contribution in [-0.2, 0) is 19.1 Å². The second kappa shape index (κ2) is 7.33. The van der Waals surface area contributed by atoms with E-state index < -0.39 is 0 Å². The molecule has 0 aromatic carbocycles. The summed E-state index contributed by atoms with van der Waals surface area (Å²) in [6, 6.07) is 0. The molecule has 0 amide bonds. The summed E-state index contributed by atoms with van der Waals surface area (Å²) in [7, 11) is 0. The van der Waals surface area contributed by atoms with Crippen LogP contribution in [0.1, 0.15) is 19.8 Å². The number of nitrogens with zero attached hydrogens (tertiary/aromatic N) is 2. The van der Waals surface area contributed by atoms with Gasteiger partial charge >= 0.3 is 5.97 Å². The van der Waals surface area contributed by atoms with Crippen LogP contribution < -0.4 is 0 Å². The second-order valence-corrected chi connectivity index (χ2v) is 4.93. The molecule has 2 heterocycles. The first kappa shape index (κ1) is 15.7. The molecule has 0 aliphatic carbocycles. The van der Waals surface area contributed by atoms with Crippen LogP contribution >= 0.6 is 0 Å². The van der Waals surface area contributed by atoms with Gasteiger partial charge in [-0.05, 0) is 6.92 Å². The standard InChI is InChI=1S/C14H20N2O5/c1-2-20-14(19)6-10-5-11(18)7-13(15-10)16-3-4-21-12(8-16)9-17/h7,12,17H,2-6,8-9H2,1H3. The zero-order chi connectivity index (χ0) is 15.2. The Morgan fingerprint density at radius 2 is 2.43 bits per heavy atom. The molecule has 1 fully saturated rings. The highest BCUT2D eigenvalue weighted by atomic mass is 16.5. The topological polar surface area (TPSA) is 88.4 Å². The molecule has 1 atom stereocenters. The van der Waals surface area contributed by atoms with Crippen LogP contribution in [0, 0.1) is 0 Å². The molecule has 2 aliphatic rings. The lowest BCUT2D eigenvalue weighted by Crippen LogP contribution is -2.43. The summed E-state index contributed by atoms with van der Waals surface area (Å²) in [6.07, 6.45) is 1.38. The number of aliphatic imine (C=N–C) groups is 1. The minimum absolute atomic E-state index is 0.0324. The first-order chi connectivity index (χ1) is 10.1. The number of aliphatic hydroxyl groups is 1. The number of ketones is 1. The molecule has 7 heteroatoms. The van der Waals surface area contributed by atoms with Gasteiger partial charge in [0.25, 0.3) is 0 Å². The Bertz CT molecular complexity index is 472. The molecule has 0 aromatic heterocycles. The molecule has 0 bridgehead atoms. The van der Waals surface area contributed by atoms with Gasteiger partial charge in [-0.15, -0.1) is 0 Å². The van der Waals surface area contributed by atoms with Crippen molar-refractivity contribution in [1.29, 1.82) is 0 Å². The van der Waals surface area contributed by atoms with Gasteiger partial charge in [-0.3, -0.25) is 9.59 Å². The molecule has 1 N–H and O–H groups in total. The maximum Gasteiger partial charge on any atom is 0.311 e.